The lowest BCUT2D eigenvalue weighted by Gasteiger charge is -2.32. The topological polar surface area (TPSA) is 53.2 Å². The Morgan fingerprint density at radius 1 is 1.12 bits per heavy atom. The first-order chi connectivity index (χ1) is 12.6. The highest BCUT2D eigenvalue weighted by molar-refractivity contribution is 5.95. The number of benzene rings is 1. The Morgan fingerprint density at radius 3 is 2.50 bits per heavy atom. The van der Waals surface area contributed by atoms with Gasteiger partial charge in [0.05, 0.1) is 0 Å². The molecule has 0 saturated carbocycles. The van der Waals surface area contributed by atoms with Crippen LogP contribution in [-0.4, -0.2) is 35.3 Å². The van der Waals surface area contributed by atoms with Gasteiger partial charge in [-0.15, -0.1) is 0 Å². The average Bonchev–Trinajstić information content (AvgIpc) is 2.65. The first-order valence-electron chi connectivity index (χ1n) is 9.29. The number of piperidine rings is 1. The molecule has 1 saturated heterocycles. The van der Waals surface area contributed by atoms with Gasteiger partial charge >= 0.3 is 0 Å². The molecule has 1 aliphatic rings. The predicted octanol–water partition coefficient (Wildman–Crippen LogP) is 3.43. The second kappa shape index (κ2) is 8.90. The van der Waals surface area contributed by atoms with E-state index >= 15 is 0 Å². The zero-order chi connectivity index (χ0) is 18.4. The van der Waals surface area contributed by atoms with E-state index in [4.69, 9.17) is 0 Å². The molecule has 0 spiro atoms. The van der Waals surface area contributed by atoms with Crippen molar-refractivity contribution in [3.63, 3.8) is 0 Å². The van der Waals surface area contributed by atoms with Crippen LogP contribution in [0.3, 0.4) is 0 Å². The summed E-state index contributed by atoms with van der Waals surface area (Å²) >= 11 is 0. The number of likely N-dealkylation sites (tertiary alicyclic amines) is 1. The minimum atomic E-state index is -0.190. The monoisotopic (exact) mass is 356 g/mol. The van der Waals surface area contributed by atoms with E-state index in [2.05, 4.69) is 9.88 Å². The van der Waals surface area contributed by atoms with E-state index in [1.54, 1.807) is 6.07 Å². The van der Waals surface area contributed by atoms with Gasteiger partial charge in [-0.1, -0.05) is 12.1 Å². The molecular weight excluding hydrogens is 331 g/mol. The quantitative estimate of drug-likeness (QED) is 0.774. The second-order valence-electron chi connectivity index (χ2n) is 7.08. The number of aromatic nitrogens is 1. The van der Waals surface area contributed by atoms with Gasteiger partial charge in [-0.05, 0) is 75.0 Å². The number of halogens is 1. The summed E-state index contributed by atoms with van der Waals surface area (Å²) in [4.78, 5) is 28.1. The number of ketones is 1. The van der Waals surface area contributed by atoms with Crippen molar-refractivity contribution in [2.24, 2.45) is 5.92 Å². The maximum atomic E-state index is 13.0. The number of hydrogen-bond acceptors (Lipinski definition) is 3. The second-order valence-corrected chi connectivity index (χ2v) is 7.08. The van der Waals surface area contributed by atoms with Gasteiger partial charge in [0.2, 0.25) is 5.56 Å². The summed E-state index contributed by atoms with van der Waals surface area (Å²) in [5.74, 6) is 0.548. The van der Waals surface area contributed by atoms with Gasteiger partial charge < -0.3 is 9.88 Å². The van der Waals surface area contributed by atoms with Crippen LogP contribution in [0.4, 0.5) is 4.39 Å². The average molecular weight is 356 g/mol. The molecule has 138 valence electrons. The molecule has 0 unspecified atom stereocenters. The first kappa shape index (κ1) is 18.5. The molecule has 1 aromatic heterocycles. The number of carbonyl (C=O) groups excluding carboxylic acids is 1. The molecule has 1 aliphatic heterocycles. The minimum absolute atomic E-state index is 0.0763. The zero-order valence-electron chi connectivity index (χ0n) is 14.9. The van der Waals surface area contributed by atoms with Crippen LogP contribution in [0.1, 0.15) is 41.6 Å². The summed E-state index contributed by atoms with van der Waals surface area (Å²) in [6.07, 6.45) is 6.13. The smallest absolute Gasteiger partial charge is 0.247 e. The summed E-state index contributed by atoms with van der Waals surface area (Å²) in [6.45, 7) is 3.04. The summed E-state index contributed by atoms with van der Waals surface area (Å²) in [6, 6.07) is 9.79. The Hall–Kier alpha value is -2.27. The predicted molar refractivity (Wildman–Crippen MR) is 99.9 cm³/mol. The van der Waals surface area contributed by atoms with E-state index in [1.807, 2.05) is 12.1 Å². The van der Waals surface area contributed by atoms with E-state index in [1.165, 1.54) is 30.0 Å². The molecule has 4 nitrogen and oxygen atoms in total. The number of pyridine rings is 1. The molecule has 1 fully saturated rings. The molecule has 0 aliphatic carbocycles. The maximum absolute atomic E-state index is 13.0. The molecule has 0 amide bonds. The molecular formula is C21H25FN2O2. The number of rotatable bonds is 7. The van der Waals surface area contributed by atoms with Crippen molar-refractivity contribution in [1.29, 1.82) is 0 Å². The van der Waals surface area contributed by atoms with Gasteiger partial charge in [0.25, 0.3) is 0 Å². The number of hydrogen-bond donors (Lipinski definition) is 1. The highest BCUT2D eigenvalue weighted by Crippen LogP contribution is 2.22. The molecule has 0 bridgehead atoms. The standard InChI is InChI=1S/C21H25FN2O2/c22-19-6-3-16(4-7-19)14-17-9-12-24(13-10-17)11-1-2-20(25)18-5-8-21(26)23-15-18/h3-8,15,17H,1-2,9-14H2,(H,23,26). The third-order valence-corrected chi connectivity index (χ3v) is 5.13. The normalized spacial score (nSPS) is 15.9. The molecule has 26 heavy (non-hydrogen) atoms. The maximum Gasteiger partial charge on any atom is 0.247 e. The van der Waals surface area contributed by atoms with Crippen molar-refractivity contribution in [2.75, 3.05) is 19.6 Å². The van der Waals surface area contributed by atoms with Gasteiger partial charge in [0, 0.05) is 24.2 Å². The SMILES string of the molecule is O=C(CCCN1CCC(Cc2ccc(F)cc2)CC1)c1ccc(=O)[nH]c1. The molecule has 0 atom stereocenters. The third-order valence-electron chi connectivity index (χ3n) is 5.13. The third kappa shape index (κ3) is 5.36. The molecule has 0 radical (unpaired) electrons. The number of nitrogens with zero attached hydrogens (tertiary/aromatic N) is 1. The first-order valence-corrected chi connectivity index (χ1v) is 9.29. The highest BCUT2D eigenvalue weighted by Gasteiger charge is 2.19. The number of H-pyrrole nitrogens is 1. The lowest BCUT2D eigenvalue weighted by Crippen LogP contribution is -2.35. The van der Waals surface area contributed by atoms with E-state index < -0.39 is 0 Å². The minimum Gasteiger partial charge on any atom is -0.328 e. The number of Topliss-reactive ketones (excluding diaryl/α,β-unsaturated/α-hetero) is 1. The van der Waals surface area contributed by atoms with Crippen molar-refractivity contribution >= 4 is 5.78 Å². The van der Waals surface area contributed by atoms with E-state index in [9.17, 15) is 14.0 Å². The van der Waals surface area contributed by atoms with Crippen LogP contribution in [0.5, 0.6) is 0 Å². The van der Waals surface area contributed by atoms with Crippen molar-refractivity contribution in [3.8, 4) is 0 Å². The Kier molecular flexibility index (Phi) is 6.34. The van der Waals surface area contributed by atoms with Crippen LogP contribution in [0.15, 0.2) is 47.4 Å². The van der Waals surface area contributed by atoms with Crippen LogP contribution in [-0.2, 0) is 6.42 Å². The van der Waals surface area contributed by atoms with Gasteiger partial charge in [-0.3, -0.25) is 9.59 Å². The molecule has 1 aromatic carbocycles. The van der Waals surface area contributed by atoms with E-state index in [0.29, 0.717) is 17.9 Å². The fourth-order valence-electron chi connectivity index (χ4n) is 3.56. The molecule has 5 heteroatoms. The summed E-state index contributed by atoms with van der Waals surface area (Å²) < 4.78 is 13.0. The number of carbonyl (C=O) groups is 1. The fraction of sp³-hybridized carbons (Fsp3) is 0.429. The van der Waals surface area contributed by atoms with Crippen LogP contribution in [0.2, 0.25) is 0 Å². The van der Waals surface area contributed by atoms with E-state index in [-0.39, 0.29) is 17.2 Å². The Bertz CT molecular complexity index is 757. The molecule has 2 heterocycles. The zero-order valence-corrected chi connectivity index (χ0v) is 14.9. The highest BCUT2D eigenvalue weighted by atomic mass is 19.1. The van der Waals surface area contributed by atoms with Gasteiger partial charge in [0.15, 0.2) is 5.78 Å². The van der Waals surface area contributed by atoms with Crippen molar-refractivity contribution in [2.45, 2.75) is 32.1 Å². The lowest BCUT2D eigenvalue weighted by atomic mass is 9.90. The van der Waals surface area contributed by atoms with Crippen LogP contribution in [0, 0.1) is 11.7 Å². The molecule has 1 N–H and O–H groups in total. The summed E-state index contributed by atoms with van der Waals surface area (Å²) in [5, 5.41) is 0. The van der Waals surface area contributed by atoms with Crippen molar-refractivity contribution in [3.05, 3.63) is 69.9 Å². The molecule has 3 rings (SSSR count). The van der Waals surface area contributed by atoms with Crippen LogP contribution < -0.4 is 5.56 Å². The number of aromatic amines is 1. The summed E-state index contributed by atoms with van der Waals surface area (Å²) in [5.41, 5.74) is 1.59. The van der Waals surface area contributed by atoms with Gasteiger partial charge in [-0.25, -0.2) is 4.39 Å². The van der Waals surface area contributed by atoms with Crippen LogP contribution >= 0.6 is 0 Å². The Balaban J connectivity index is 1.36. The Labute approximate surface area is 153 Å². The number of nitrogens with one attached hydrogen (secondary N) is 1. The molecule has 2 aromatic rings. The fourth-order valence-corrected chi connectivity index (χ4v) is 3.56. The Morgan fingerprint density at radius 2 is 1.85 bits per heavy atom. The summed E-state index contributed by atoms with van der Waals surface area (Å²) in [7, 11) is 0. The van der Waals surface area contributed by atoms with Gasteiger partial charge in [0.1, 0.15) is 5.82 Å². The van der Waals surface area contributed by atoms with Gasteiger partial charge in [-0.2, -0.15) is 0 Å². The van der Waals surface area contributed by atoms with Crippen LogP contribution in [0.25, 0.3) is 0 Å². The van der Waals surface area contributed by atoms with Crippen molar-refractivity contribution < 1.29 is 9.18 Å². The largest absolute Gasteiger partial charge is 0.328 e. The lowest BCUT2D eigenvalue weighted by molar-refractivity contribution is 0.0970. The van der Waals surface area contributed by atoms with Crippen molar-refractivity contribution in [1.82, 2.24) is 9.88 Å². The van der Waals surface area contributed by atoms with E-state index in [0.717, 1.165) is 45.3 Å².